The number of carbonyl (C=O) groups is 2. The first-order chi connectivity index (χ1) is 13.3. The molecule has 7 nitrogen and oxygen atoms in total. The van der Waals surface area contributed by atoms with E-state index in [0.29, 0.717) is 26.2 Å². The maximum Gasteiger partial charge on any atom is 0.410 e. The number of benzene rings is 1. The van der Waals surface area contributed by atoms with Crippen molar-refractivity contribution in [2.45, 2.75) is 45.8 Å². The van der Waals surface area contributed by atoms with Crippen molar-refractivity contribution in [1.29, 1.82) is 5.26 Å². The van der Waals surface area contributed by atoms with Gasteiger partial charge in [-0.05, 0) is 38.7 Å². The summed E-state index contributed by atoms with van der Waals surface area (Å²) < 4.78 is 10.8. The van der Waals surface area contributed by atoms with E-state index in [2.05, 4.69) is 6.07 Å². The highest BCUT2D eigenvalue weighted by atomic mass is 16.6. The average Bonchev–Trinajstić information content (AvgIpc) is 3.11. The molecule has 0 aliphatic carbocycles. The number of rotatable bonds is 6. The van der Waals surface area contributed by atoms with Crippen LogP contribution in [0.4, 0.5) is 9.59 Å². The zero-order valence-corrected chi connectivity index (χ0v) is 16.9. The predicted octanol–water partition coefficient (Wildman–Crippen LogP) is 3.80. The molecule has 152 valence electrons. The third-order valence-electron chi connectivity index (χ3n) is 4.37. The molecule has 0 unspecified atom stereocenters. The van der Waals surface area contributed by atoms with Gasteiger partial charge in [0.1, 0.15) is 12.2 Å². The fourth-order valence-corrected chi connectivity index (χ4v) is 3.04. The van der Waals surface area contributed by atoms with E-state index in [4.69, 9.17) is 14.7 Å². The lowest BCUT2D eigenvalue weighted by Crippen LogP contribution is -2.41. The molecule has 0 saturated carbocycles. The summed E-state index contributed by atoms with van der Waals surface area (Å²) in [4.78, 5) is 28.0. The summed E-state index contributed by atoms with van der Waals surface area (Å²) in [6.07, 6.45) is 0.265. The Morgan fingerprint density at radius 2 is 2.00 bits per heavy atom. The van der Waals surface area contributed by atoms with E-state index in [9.17, 15) is 9.59 Å². The van der Waals surface area contributed by atoms with Crippen LogP contribution in [0.5, 0.6) is 0 Å². The van der Waals surface area contributed by atoms with Gasteiger partial charge in [-0.1, -0.05) is 30.3 Å². The second kappa shape index (κ2) is 9.98. The molecule has 0 aromatic heterocycles. The standard InChI is InChI=1S/C21H29N3O4/c1-21(2,3)28-20(26)23(12-7-11-22)14-18-10-13-24(15-18)19(25)27-16-17-8-5-4-6-9-17/h4-6,8-9,18H,7,10,12-16H2,1-3H3/t18-/m1/s1. The van der Waals surface area contributed by atoms with Gasteiger partial charge in [-0.3, -0.25) is 0 Å². The number of nitriles is 1. The van der Waals surface area contributed by atoms with Gasteiger partial charge >= 0.3 is 12.2 Å². The summed E-state index contributed by atoms with van der Waals surface area (Å²) in [5.41, 5.74) is 0.351. The summed E-state index contributed by atoms with van der Waals surface area (Å²) in [5, 5.41) is 8.86. The highest BCUT2D eigenvalue weighted by Gasteiger charge is 2.31. The van der Waals surface area contributed by atoms with Crippen molar-refractivity contribution in [3.8, 4) is 6.07 Å². The molecule has 1 saturated heterocycles. The number of nitrogens with zero attached hydrogens (tertiary/aromatic N) is 3. The molecular formula is C21H29N3O4. The number of ether oxygens (including phenoxy) is 2. The minimum atomic E-state index is -0.592. The van der Waals surface area contributed by atoms with Crippen LogP contribution in [0.2, 0.25) is 0 Å². The van der Waals surface area contributed by atoms with Crippen LogP contribution in [0.3, 0.4) is 0 Å². The molecule has 2 amide bonds. The Balaban J connectivity index is 1.85. The first-order valence-corrected chi connectivity index (χ1v) is 9.59. The van der Waals surface area contributed by atoms with Gasteiger partial charge < -0.3 is 19.3 Å². The second-order valence-corrected chi connectivity index (χ2v) is 7.98. The Morgan fingerprint density at radius 1 is 1.29 bits per heavy atom. The van der Waals surface area contributed by atoms with Gasteiger partial charge in [-0.2, -0.15) is 5.26 Å². The largest absolute Gasteiger partial charge is 0.445 e. The highest BCUT2D eigenvalue weighted by molar-refractivity contribution is 5.69. The topological polar surface area (TPSA) is 82.9 Å². The lowest BCUT2D eigenvalue weighted by molar-refractivity contribution is 0.0226. The van der Waals surface area contributed by atoms with Gasteiger partial charge in [0.25, 0.3) is 0 Å². The maximum absolute atomic E-state index is 12.4. The highest BCUT2D eigenvalue weighted by Crippen LogP contribution is 2.20. The van der Waals surface area contributed by atoms with Crippen molar-refractivity contribution in [1.82, 2.24) is 9.80 Å². The monoisotopic (exact) mass is 387 g/mol. The Bertz CT molecular complexity index is 694. The number of carbonyl (C=O) groups excluding carboxylic acids is 2. The van der Waals surface area contributed by atoms with Gasteiger partial charge in [-0.25, -0.2) is 9.59 Å². The molecule has 2 rings (SSSR count). The molecule has 0 spiro atoms. The molecule has 1 aromatic carbocycles. The van der Waals surface area contributed by atoms with Gasteiger partial charge in [-0.15, -0.1) is 0 Å². The third kappa shape index (κ3) is 7.10. The predicted molar refractivity (Wildman–Crippen MR) is 104 cm³/mol. The Labute approximate surface area is 166 Å². The molecule has 1 aliphatic rings. The zero-order chi connectivity index (χ0) is 20.6. The van der Waals surface area contributed by atoms with Crippen LogP contribution in [0.1, 0.15) is 39.2 Å². The van der Waals surface area contributed by atoms with Crippen LogP contribution < -0.4 is 0 Å². The van der Waals surface area contributed by atoms with Crippen molar-refractivity contribution in [2.24, 2.45) is 5.92 Å². The zero-order valence-electron chi connectivity index (χ0n) is 16.9. The van der Waals surface area contributed by atoms with Gasteiger partial charge in [0, 0.05) is 26.2 Å². The van der Waals surface area contributed by atoms with Crippen molar-refractivity contribution < 1.29 is 19.1 Å². The fraction of sp³-hybridized carbons (Fsp3) is 0.571. The van der Waals surface area contributed by atoms with E-state index in [1.165, 1.54) is 0 Å². The third-order valence-corrected chi connectivity index (χ3v) is 4.37. The minimum Gasteiger partial charge on any atom is -0.445 e. The summed E-state index contributed by atoms with van der Waals surface area (Å²) in [7, 11) is 0. The summed E-state index contributed by atoms with van der Waals surface area (Å²) in [6.45, 7) is 7.58. The lowest BCUT2D eigenvalue weighted by Gasteiger charge is -2.28. The smallest absolute Gasteiger partial charge is 0.410 e. The van der Waals surface area contributed by atoms with Crippen LogP contribution in [0, 0.1) is 17.2 Å². The molecule has 1 heterocycles. The van der Waals surface area contributed by atoms with Gasteiger partial charge in [0.15, 0.2) is 0 Å². The molecule has 0 bridgehead atoms. The maximum atomic E-state index is 12.4. The van der Waals surface area contributed by atoms with Crippen LogP contribution in [-0.2, 0) is 16.1 Å². The molecule has 1 aromatic rings. The van der Waals surface area contributed by atoms with E-state index in [1.54, 1.807) is 9.80 Å². The number of hydrogen-bond acceptors (Lipinski definition) is 5. The number of amides is 2. The molecular weight excluding hydrogens is 358 g/mol. The van der Waals surface area contributed by atoms with E-state index >= 15 is 0 Å². The van der Waals surface area contributed by atoms with E-state index < -0.39 is 11.7 Å². The minimum absolute atomic E-state index is 0.135. The Morgan fingerprint density at radius 3 is 2.64 bits per heavy atom. The second-order valence-electron chi connectivity index (χ2n) is 7.98. The van der Waals surface area contributed by atoms with Crippen LogP contribution in [-0.4, -0.2) is 53.8 Å². The van der Waals surface area contributed by atoms with Crippen molar-refractivity contribution in [3.63, 3.8) is 0 Å². The first-order valence-electron chi connectivity index (χ1n) is 9.59. The van der Waals surface area contributed by atoms with Crippen LogP contribution in [0.25, 0.3) is 0 Å². The van der Waals surface area contributed by atoms with E-state index in [-0.39, 0.29) is 25.0 Å². The SMILES string of the molecule is CC(C)(C)OC(=O)N(CCC#N)C[C@H]1CCN(C(=O)OCc2ccccc2)C1. The number of hydrogen-bond donors (Lipinski definition) is 0. The van der Waals surface area contributed by atoms with Crippen LogP contribution in [0.15, 0.2) is 30.3 Å². The van der Waals surface area contributed by atoms with E-state index in [0.717, 1.165) is 12.0 Å². The van der Waals surface area contributed by atoms with Crippen molar-refractivity contribution in [3.05, 3.63) is 35.9 Å². The number of likely N-dealkylation sites (tertiary alicyclic amines) is 1. The van der Waals surface area contributed by atoms with Crippen molar-refractivity contribution in [2.75, 3.05) is 26.2 Å². The van der Waals surface area contributed by atoms with Crippen molar-refractivity contribution >= 4 is 12.2 Å². The molecule has 1 fully saturated rings. The molecule has 0 radical (unpaired) electrons. The molecule has 7 heteroatoms. The molecule has 1 aliphatic heterocycles. The molecule has 0 N–H and O–H groups in total. The fourth-order valence-electron chi connectivity index (χ4n) is 3.04. The molecule has 1 atom stereocenters. The summed E-state index contributed by atoms with van der Waals surface area (Å²) in [5.74, 6) is 0.135. The normalized spacial score (nSPS) is 16.4. The Hall–Kier alpha value is -2.75. The molecule has 28 heavy (non-hydrogen) atoms. The van der Waals surface area contributed by atoms with Gasteiger partial charge in [0.2, 0.25) is 0 Å². The average molecular weight is 387 g/mol. The Kier molecular flexibility index (Phi) is 7.68. The van der Waals surface area contributed by atoms with E-state index in [1.807, 2.05) is 51.1 Å². The van der Waals surface area contributed by atoms with Crippen LogP contribution >= 0.6 is 0 Å². The lowest BCUT2D eigenvalue weighted by atomic mass is 10.1. The summed E-state index contributed by atoms with van der Waals surface area (Å²) in [6, 6.07) is 11.6. The quantitative estimate of drug-likeness (QED) is 0.741. The first kappa shape index (κ1) is 21.5. The summed E-state index contributed by atoms with van der Waals surface area (Å²) >= 11 is 0. The van der Waals surface area contributed by atoms with Gasteiger partial charge in [0.05, 0.1) is 12.5 Å².